The summed E-state index contributed by atoms with van der Waals surface area (Å²) in [5.41, 5.74) is -1.00. The molecule has 1 saturated heterocycles. The van der Waals surface area contributed by atoms with Crippen LogP contribution in [-0.4, -0.2) is 43.8 Å². The molecule has 2 heterocycles. The quantitative estimate of drug-likeness (QED) is 0.216. The molecular formula is C25H16ClF3N2O6S2. The number of halogens is 4. The van der Waals surface area contributed by atoms with Crippen LogP contribution < -0.4 is 5.32 Å². The topological polar surface area (TPSA) is 120 Å². The minimum atomic E-state index is -4.56. The molecule has 0 atom stereocenters. The third kappa shape index (κ3) is 6.44. The molecule has 2 amide bonds. The van der Waals surface area contributed by atoms with Gasteiger partial charge in [-0.1, -0.05) is 35.6 Å². The van der Waals surface area contributed by atoms with Gasteiger partial charge in [-0.25, -0.2) is 4.79 Å². The molecule has 14 heteroatoms. The molecule has 3 N–H and O–H groups in total. The van der Waals surface area contributed by atoms with Crippen molar-refractivity contribution >= 4 is 69.4 Å². The Hall–Kier alpha value is -3.81. The molecule has 1 aliphatic heterocycles. The Bertz CT molecular complexity index is 1540. The van der Waals surface area contributed by atoms with E-state index in [0.29, 0.717) is 0 Å². The Morgan fingerprint density at radius 1 is 1.15 bits per heavy atom. The molecule has 4 rings (SSSR count). The van der Waals surface area contributed by atoms with Crippen LogP contribution in [0.3, 0.4) is 0 Å². The number of hydrogen-bond acceptors (Lipinski definition) is 7. The smallest absolute Gasteiger partial charge is 0.416 e. The lowest BCUT2D eigenvalue weighted by Crippen LogP contribution is -2.31. The van der Waals surface area contributed by atoms with Gasteiger partial charge in [-0.15, -0.1) is 0 Å². The van der Waals surface area contributed by atoms with E-state index in [9.17, 15) is 32.7 Å². The largest absolute Gasteiger partial charge is 0.507 e. The zero-order valence-electron chi connectivity index (χ0n) is 19.4. The summed E-state index contributed by atoms with van der Waals surface area (Å²) < 4.78 is 45.1. The maximum Gasteiger partial charge on any atom is 0.416 e. The van der Waals surface area contributed by atoms with Crippen molar-refractivity contribution in [3.63, 3.8) is 0 Å². The zero-order chi connectivity index (χ0) is 28.5. The number of thioether (sulfide) groups is 1. The second kappa shape index (κ2) is 11.1. The van der Waals surface area contributed by atoms with E-state index in [0.717, 1.165) is 42.1 Å². The van der Waals surface area contributed by atoms with E-state index in [4.69, 9.17) is 33.3 Å². The van der Waals surface area contributed by atoms with Crippen molar-refractivity contribution in [1.82, 2.24) is 4.90 Å². The zero-order valence-corrected chi connectivity index (χ0v) is 21.8. The number of amides is 2. The highest BCUT2D eigenvalue weighted by Crippen LogP contribution is 2.38. The molecule has 0 saturated carbocycles. The van der Waals surface area contributed by atoms with Crippen molar-refractivity contribution in [3.05, 3.63) is 75.3 Å². The lowest BCUT2D eigenvalue weighted by molar-refractivity contribution is -0.137. The van der Waals surface area contributed by atoms with Gasteiger partial charge in [0, 0.05) is 36.4 Å². The second-order valence-electron chi connectivity index (χ2n) is 8.06. The number of aromatic carboxylic acids is 1. The number of thiocarbonyl (C=S) groups is 1. The van der Waals surface area contributed by atoms with Crippen LogP contribution in [0.5, 0.6) is 5.75 Å². The first-order valence-corrected chi connectivity index (χ1v) is 12.5. The number of hydrogen-bond donors (Lipinski definition) is 3. The Kier molecular flexibility index (Phi) is 8.04. The Morgan fingerprint density at radius 3 is 2.56 bits per heavy atom. The predicted molar refractivity (Wildman–Crippen MR) is 142 cm³/mol. The third-order valence-corrected chi connectivity index (χ3v) is 7.11. The molecule has 1 aliphatic rings. The molecule has 202 valence electrons. The first kappa shape index (κ1) is 28.2. The van der Waals surface area contributed by atoms with Gasteiger partial charge in [-0.2, -0.15) is 13.2 Å². The van der Waals surface area contributed by atoms with Crippen LogP contribution in [0.1, 0.15) is 28.1 Å². The Labute approximate surface area is 233 Å². The van der Waals surface area contributed by atoms with Crippen LogP contribution in [0.2, 0.25) is 5.02 Å². The predicted octanol–water partition coefficient (Wildman–Crippen LogP) is 6.25. The molecule has 3 aromatic rings. The van der Waals surface area contributed by atoms with E-state index in [-0.39, 0.29) is 55.5 Å². The number of nitrogens with zero attached hydrogens (tertiary/aromatic N) is 1. The molecule has 0 bridgehead atoms. The summed E-state index contributed by atoms with van der Waals surface area (Å²) >= 11 is 12.3. The average molecular weight is 597 g/mol. The van der Waals surface area contributed by atoms with Crippen molar-refractivity contribution in [2.45, 2.75) is 12.6 Å². The van der Waals surface area contributed by atoms with Gasteiger partial charge >= 0.3 is 12.1 Å². The molecule has 1 aromatic heterocycles. The molecule has 39 heavy (non-hydrogen) atoms. The van der Waals surface area contributed by atoms with Crippen molar-refractivity contribution in [3.8, 4) is 17.1 Å². The van der Waals surface area contributed by atoms with Crippen molar-refractivity contribution in [2.75, 3.05) is 11.9 Å². The highest BCUT2D eigenvalue weighted by Gasteiger charge is 2.33. The van der Waals surface area contributed by atoms with E-state index >= 15 is 0 Å². The summed E-state index contributed by atoms with van der Waals surface area (Å²) in [4.78, 5) is 37.6. The van der Waals surface area contributed by atoms with E-state index in [2.05, 4.69) is 5.32 Å². The first-order chi connectivity index (χ1) is 18.3. The number of nitrogens with one attached hydrogen (secondary N) is 1. The van der Waals surface area contributed by atoms with Crippen LogP contribution in [0, 0.1) is 0 Å². The number of rotatable bonds is 7. The van der Waals surface area contributed by atoms with Gasteiger partial charge < -0.3 is 19.9 Å². The number of benzene rings is 2. The third-order valence-electron chi connectivity index (χ3n) is 5.41. The number of anilines is 1. The van der Waals surface area contributed by atoms with Gasteiger partial charge in [0.1, 0.15) is 27.2 Å². The maximum absolute atomic E-state index is 13.1. The number of carbonyl (C=O) groups excluding carboxylic acids is 2. The van der Waals surface area contributed by atoms with Gasteiger partial charge in [0.05, 0.1) is 15.5 Å². The van der Waals surface area contributed by atoms with E-state index in [1.165, 1.54) is 29.2 Å². The molecule has 8 nitrogen and oxygen atoms in total. The van der Waals surface area contributed by atoms with Gasteiger partial charge in [0.25, 0.3) is 5.91 Å². The van der Waals surface area contributed by atoms with E-state index in [1.54, 1.807) is 0 Å². The highest BCUT2D eigenvalue weighted by molar-refractivity contribution is 8.26. The minimum absolute atomic E-state index is 0.0376. The number of aromatic hydroxyl groups is 1. The summed E-state index contributed by atoms with van der Waals surface area (Å²) in [6.07, 6.45) is -3.33. The molecule has 1 fully saturated rings. The van der Waals surface area contributed by atoms with Gasteiger partial charge in [0.2, 0.25) is 5.91 Å². The molecular weight excluding hydrogens is 581 g/mol. The summed E-state index contributed by atoms with van der Waals surface area (Å²) in [7, 11) is 0. The number of carbonyl (C=O) groups is 3. The second-order valence-corrected chi connectivity index (χ2v) is 10.1. The van der Waals surface area contributed by atoms with Crippen molar-refractivity contribution < 1.29 is 42.2 Å². The summed E-state index contributed by atoms with van der Waals surface area (Å²) in [6, 6.07) is 9.30. The van der Waals surface area contributed by atoms with E-state index < -0.39 is 35.3 Å². The average Bonchev–Trinajstić information content (AvgIpc) is 3.41. The highest BCUT2D eigenvalue weighted by atomic mass is 35.5. The van der Waals surface area contributed by atoms with Crippen LogP contribution in [0.25, 0.3) is 17.4 Å². The lowest BCUT2D eigenvalue weighted by atomic mass is 10.1. The fourth-order valence-electron chi connectivity index (χ4n) is 3.51. The van der Waals surface area contributed by atoms with Crippen LogP contribution in [0.4, 0.5) is 18.9 Å². The van der Waals surface area contributed by atoms with Gasteiger partial charge in [-0.3, -0.25) is 14.5 Å². The summed E-state index contributed by atoms with van der Waals surface area (Å²) in [5.74, 6) is -2.58. The molecule has 0 spiro atoms. The fourth-order valence-corrected chi connectivity index (χ4v) is 5.01. The van der Waals surface area contributed by atoms with Crippen LogP contribution in [-0.2, 0) is 15.8 Å². The van der Waals surface area contributed by atoms with Crippen molar-refractivity contribution in [2.24, 2.45) is 0 Å². The van der Waals surface area contributed by atoms with Crippen LogP contribution >= 0.6 is 35.6 Å². The number of carboxylic acid groups (broad SMARTS) is 1. The lowest BCUT2D eigenvalue weighted by Gasteiger charge is -2.14. The molecule has 2 aromatic carbocycles. The summed E-state index contributed by atoms with van der Waals surface area (Å²) in [6.45, 7) is -0.0592. The summed E-state index contributed by atoms with van der Waals surface area (Å²) in [5, 5.41) is 21.3. The Morgan fingerprint density at radius 2 is 1.90 bits per heavy atom. The first-order valence-electron chi connectivity index (χ1n) is 10.9. The van der Waals surface area contributed by atoms with Gasteiger partial charge in [0.15, 0.2) is 0 Å². The molecule has 0 unspecified atom stereocenters. The number of alkyl halides is 3. The normalized spacial score (nSPS) is 14.8. The number of furan rings is 1. The molecule has 0 aliphatic carbocycles. The number of carboxylic acids is 1. The molecule has 0 radical (unpaired) electrons. The van der Waals surface area contributed by atoms with Crippen LogP contribution in [0.15, 0.2) is 57.9 Å². The monoisotopic (exact) mass is 596 g/mol. The Balaban J connectivity index is 1.41. The maximum atomic E-state index is 13.1. The number of phenols is 1. The van der Waals surface area contributed by atoms with E-state index in [1.807, 2.05) is 0 Å². The fraction of sp³-hybridized carbons (Fsp3) is 0.120. The minimum Gasteiger partial charge on any atom is -0.507 e. The van der Waals surface area contributed by atoms with Gasteiger partial charge in [-0.05, 0) is 42.5 Å². The SMILES string of the molecule is O=C(CCN1C(=O)C(=Cc2ccc(-c3cc(C(F)(F)F)ccc3Cl)o2)SC1=S)Nc1ccc(C(=O)O)c(O)c1. The standard InChI is InChI=1S/C25H16ClF3N2O6S2/c26-17-5-1-12(25(27,28)29)9-16(17)19-6-3-14(37-19)11-20-22(34)31(24(38)39-20)8-7-21(33)30-13-2-4-15(23(35)36)18(32)10-13/h1-6,9-11,32H,7-8H2,(H,30,33)(H,35,36). The van der Waals surface area contributed by atoms with Crippen molar-refractivity contribution in [1.29, 1.82) is 0 Å².